The summed E-state index contributed by atoms with van der Waals surface area (Å²) in [6, 6.07) is 16.9. The zero-order valence-electron chi connectivity index (χ0n) is 17.4. The first-order chi connectivity index (χ1) is 14.0. The fourth-order valence-corrected chi connectivity index (χ4v) is 4.47. The lowest BCUT2D eigenvalue weighted by Crippen LogP contribution is -2.82. The van der Waals surface area contributed by atoms with Crippen LogP contribution in [0.5, 0.6) is 0 Å². The molecule has 3 aromatic rings. The van der Waals surface area contributed by atoms with Gasteiger partial charge in [0.1, 0.15) is 12.6 Å². The SMILES string of the molecule is Cc1ccccc1-c1nnc(SC[C@H]2C[NH2+][C@@H](c3ccc(N(C)C)cc3)O2)n1C. The van der Waals surface area contributed by atoms with Crippen molar-refractivity contribution < 1.29 is 10.1 Å². The molecule has 0 radical (unpaired) electrons. The second-order valence-corrected chi connectivity index (χ2v) is 8.61. The van der Waals surface area contributed by atoms with Crippen LogP contribution in [0.25, 0.3) is 11.4 Å². The summed E-state index contributed by atoms with van der Waals surface area (Å²) in [6.45, 7) is 3.06. The van der Waals surface area contributed by atoms with E-state index < -0.39 is 0 Å². The van der Waals surface area contributed by atoms with Gasteiger partial charge in [-0.2, -0.15) is 0 Å². The van der Waals surface area contributed by atoms with E-state index in [-0.39, 0.29) is 12.3 Å². The van der Waals surface area contributed by atoms with E-state index >= 15 is 0 Å². The zero-order valence-corrected chi connectivity index (χ0v) is 18.2. The van der Waals surface area contributed by atoms with Crippen LogP contribution in [0.2, 0.25) is 0 Å². The first kappa shape index (κ1) is 19.9. The topological polar surface area (TPSA) is 59.8 Å². The Labute approximate surface area is 176 Å². The molecule has 2 heterocycles. The molecule has 0 spiro atoms. The molecular formula is C22H28N5OS+. The number of aromatic nitrogens is 3. The number of hydrogen-bond acceptors (Lipinski definition) is 5. The molecule has 0 aliphatic carbocycles. The third-order valence-electron chi connectivity index (χ3n) is 5.31. The minimum absolute atomic E-state index is 0.0684. The number of nitrogens with zero attached hydrogens (tertiary/aromatic N) is 4. The fraction of sp³-hybridized carbons (Fsp3) is 0.364. The summed E-state index contributed by atoms with van der Waals surface area (Å²) in [4.78, 5) is 2.11. The Bertz CT molecular complexity index is 970. The van der Waals surface area contributed by atoms with Crippen molar-refractivity contribution in [3.8, 4) is 11.4 Å². The summed E-state index contributed by atoms with van der Waals surface area (Å²) < 4.78 is 8.35. The van der Waals surface area contributed by atoms with Gasteiger partial charge >= 0.3 is 0 Å². The maximum atomic E-state index is 6.27. The molecule has 29 heavy (non-hydrogen) atoms. The predicted molar refractivity (Wildman–Crippen MR) is 117 cm³/mol. The van der Waals surface area contributed by atoms with Crippen LogP contribution in [-0.4, -0.2) is 47.3 Å². The van der Waals surface area contributed by atoms with Crippen molar-refractivity contribution in [1.82, 2.24) is 14.8 Å². The number of benzene rings is 2. The molecule has 7 heteroatoms. The van der Waals surface area contributed by atoms with Gasteiger partial charge in [0.15, 0.2) is 11.0 Å². The second-order valence-electron chi connectivity index (χ2n) is 7.63. The van der Waals surface area contributed by atoms with Crippen molar-refractivity contribution in [2.45, 2.75) is 24.4 Å². The summed E-state index contributed by atoms with van der Waals surface area (Å²) in [5.41, 5.74) is 4.74. The van der Waals surface area contributed by atoms with Crippen LogP contribution in [0, 0.1) is 6.92 Å². The Morgan fingerprint density at radius 1 is 1.14 bits per heavy atom. The van der Waals surface area contributed by atoms with E-state index in [0.717, 1.165) is 28.8 Å². The highest BCUT2D eigenvalue weighted by Gasteiger charge is 2.30. The number of aryl methyl sites for hydroxylation is 1. The standard InChI is InChI=1S/C22H27N5OS/c1-15-7-5-6-8-19(15)20-24-25-22(27(20)4)29-14-18-13-23-21(28-18)16-9-11-17(12-10-16)26(2)3/h5-12,18,21,23H,13-14H2,1-4H3/p+1/t18-,21-/m1/s1. The molecule has 2 N–H and O–H groups in total. The normalized spacial score (nSPS) is 18.9. The quantitative estimate of drug-likeness (QED) is 0.633. The maximum Gasteiger partial charge on any atom is 0.217 e. The third kappa shape index (κ3) is 4.32. The van der Waals surface area contributed by atoms with Gasteiger partial charge in [-0.05, 0) is 36.8 Å². The number of ether oxygens (including phenoxy) is 1. The average molecular weight is 411 g/mol. The van der Waals surface area contributed by atoms with Crippen molar-refractivity contribution in [3.05, 3.63) is 59.7 Å². The highest BCUT2D eigenvalue weighted by molar-refractivity contribution is 7.99. The maximum absolute atomic E-state index is 6.27. The van der Waals surface area contributed by atoms with Crippen molar-refractivity contribution >= 4 is 17.4 Å². The van der Waals surface area contributed by atoms with Gasteiger partial charge in [0.2, 0.25) is 6.23 Å². The van der Waals surface area contributed by atoms with Gasteiger partial charge in [-0.3, -0.25) is 0 Å². The van der Waals surface area contributed by atoms with E-state index in [9.17, 15) is 0 Å². The molecule has 0 amide bonds. The van der Waals surface area contributed by atoms with Gasteiger partial charge in [0.25, 0.3) is 0 Å². The molecular weight excluding hydrogens is 382 g/mol. The van der Waals surface area contributed by atoms with E-state index in [1.165, 1.54) is 16.8 Å². The largest absolute Gasteiger partial charge is 0.378 e. The molecule has 152 valence electrons. The monoisotopic (exact) mass is 410 g/mol. The number of anilines is 1. The van der Waals surface area contributed by atoms with Gasteiger partial charge in [-0.1, -0.05) is 36.0 Å². The summed E-state index contributed by atoms with van der Waals surface area (Å²) in [5.74, 6) is 1.77. The van der Waals surface area contributed by atoms with Crippen LogP contribution in [0.3, 0.4) is 0 Å². The smallest absolute Gasteiger partial charge is 0.217 e. The molecule has 0 saturated carbocycles. The number of quaternary nitrogens is 1. The third-order valence-corrected chi connectivity index (χ3v) is 6.46. The lowest BCUT2D eigenvalue weighted by Gasteiger charge is -2.14. The van der Waals surface area contributed by atoms with Gasteiger partial charge in [0, 0.05) is 43.7 Å². The molecule has 0 unspecified atom stereocenters. The summed E-state index contributed by atoms with van der Waals surface area (Å²) >= 11 is 1.71. The van der Waals surface area contributed by atoms with Crippen molar-refractivity contribution in [3.63, 3.8) is 0 Å². The Morgan fingerprint density at radius 3 is 2.62 bits per heavy atom. The highest BCUT2D eigenvalue weighted by Crippen LogP contribution is 2.27. The molecule has 0 bridgehead atoms. The molecule has 4 rings (SSSR count). The lowest BCUT2D eigenvalue weighted by molar-refractivity contribution is -0.697. The summed E-state index contributed by atoms with van der Waals surface area (Å²) in [6.07, 6.45) is 0.260. The van der Waals surface area contributed by atoms with Gasteiger partial charge in [-0.15, -0.1) is 10.2 Å². The fourth-order valence-electron chi connectivity index (χ4n) is 3.54. The van der Waals surface area contributed by atoms with E-state index in [1.54, 1.807) is 11.8 Å². The minimum atomic E-state index is 0.0684. The van der Waals surface area contributed by atoms with Crippen LogP contribution >= 0.6 is 11.8 Å². The molecule has 1 aromatic heterocycles. The predicted octanol–water partition coefficient (Wildman–Crippen LogP) is 2.61. The molecule has 2 atom stereocenters. The van der Waals surface area contributed by atoms with Gasteiger partial charge in [-0.25, -0.2) is 0 Å². The highest BCUT2D eigenvalue weighted by atomic mass is 32.2. The van der Waals surface area contributed by atoms with Crippen LogP contribution < -0.4 is 10.2 Å². The van der Waals surface area contributed by atoms with E-state index in [2.05, 4.69) is 82.4 Å². The van der Waals surface area contributed by atoms with Gasteiger partial charge in [0.05, 0.1) is 0 Å². The summed E-state index contributed by atoms with van der Waals surface area (Å²) in [5, 5.41) is 12.0. The molecule has 1 saturated heterocycles. The lowest BCUT2D eigenvalue weighted by atomic mass is 10.1. The Hall–Kier alpha value is -2.35. The first-order valence-electron chi connectivity index (χ1n) is 9.87. The molecule has 1 fully saturated rings. The van der Waals surface area contributed by atoms with E-state index in [0.29, 0.717) is 0 Å². The van der Waals surface area contributed by atoms with Crippen LogP contribution in [0.4, 0.5) is 5.69 Å². The summed E-state index contributed by atoms with van der Waals surface area (Å²) in [7, 11) is 6.13. The van der Waals surface area contributed by atoms with E-state index in [1.807, 2.05) is 19.2 Å². The average Bonchev–Trinajstić information content (AvgIpc) is 3.34. The molecule has 2 aromatic carbocycles. The van der Waals surface area contributed by atoms with Crippen molar-refractivity contribution in [1.29, 1.82) is 0 Å². The van der Waals surface area contributed by atoms with Crippen LogP contribution in [-0.2, 0) is 11.8 Å². The van der Waals surface area contributed by atoms with Crippen molar-refractivity contribution in [2.24, 2.45) is 7.05 Å². The minimum Gasteiger partial charge on any atom is -0.378 e. The molecule has 6 nitrogen and oxygen atoms in total. The first-order valence-corrected chi connectivity index (χ1v) is 10.9. The Balaban J connectivity index is 1.36. The number of nitrogens with two attached hydrogens (primary N) is 1. The van der Waals surface area contributed by atoms with Crippen molar-refractivity contribution in [2.75, 3.05) is 31.3 Å². The Morgan fingerprint density at radius 2 is 1.90 bits per heavy atom. The second kappa shape index (κ2) is 8.57. The number of thioether (sulfide) groups is 1. The zero-order chi connectivity index (χ0) is 20.4. The van der Waals surface area contributed by atoms with Crippen LogP contribution in [0.15, 0.2) is 53.7 Å². The molecule has 1 aliphatic heterocycles. The van der Waals surface area contributed by atoms with Gasteiger partial charge < -0.3 is 19.5 Å². The molecule has 1 aliphatic rings. The Kier molecular flexibility index (Phi) is 5.89. The number of rotatable bonds is 6. The van der Waals surface area contributed by atoms with Crippen LogP contribution in [0.1, 0.15) is 17.4 Å². The van der Waals surface area contributed by atoms with E-state index in [4.69, 9.17) is 4.74 Å². The number of hydrogen-bond donors (Lipinski definition) is 1.